The molecule has 4 fully saturated rings. The summed E-state index contributed by atoms with van der Waals surface area (Å²) in [6, 6.07) is 11.7. The van der Waals surface area contributed by atoms with Crippen molar-refractivity contribution in [3.8, 4) is 0 Å². The highest BCUT2D eigenvalue weighted by molar-refractivity contribution is 5.98. The van der Waals surface area contributed by atoms with Gasteiger partial charge in [-0.15, -0.1) is 0 Å². The van der Waals surface area contributed by atoms with Gasteiger partial charge in [0.2, 0.25) is 0 Å². The number of ketones is 1. The molecule has 2 saturated carbocycles. The molecular weight excluding hydrogens is 660 g/mol. The monoisotopic (exact) mass is 712 g/mol. The average molecular weight is 713 g/mol. The van der Waals surface area contributed by atoms with Crippen molar-refractivity contribution in [2.75, 3.05) is 26.2 Å². The first-order valence-corrected chi connectivity index (χ1v) is 18.3. The Labute approximate surface area is 305 Å². The summed E-state index contributed by atoms with van der Waals surface area (Å²) in [7, 11) is 3.89. The number of amides is 2. The zero-order valence-corrected chi connectivity index (χ0v) is 31.7. The van der Waals surface area contributed by atoms with Crippen molar-refractivity contribution in [3.05, 3.63) is 60.2 Å². The highest BCUT2D eigenvalue weighted by atomic mass is 16.6. The maximum Gasteiger partial charge on any atom is 0.410 e. The number of likely N-dealkylation sites (tertiary alicyclic amines) is 2. The molecule has 6 heterocycles. The number of ether oxygens (including phenoxy) is 2. The van der Waals surface area contributed by atoms with Crippen LogP contribution in [0.2, 0.25) is 0 Å². The van der Waals surface area contributed by atoms with Crippen LogP contribution < -0.4 is 0 Å². The van der Waals surface area contributed by atoms with Crippen LogP contribution in [-0.4, -0.2) is 89.4 Å². The summed E-state index contributed by atoms with van der Waals surface area (Å²) in [4.78, 5) is 49.6. The molecule has 52 heavy (non-hydrogen) atoms. The molecule has 0 bridgehead atoms. The smallest absolute Gasteiger partial charge is 0.410 e. The maximum atomic E-state index is 12.8. The normalized spacial score (nSPS) is 21.1. The molecule has 8 rings (SSSR count). The Morgan fingerprint density at radius 3 is 1.67 bits per heavy atom. The second-order valence-corrected chi connectivity index (χ2v) is 17.9. The van der Waals surface area contributed by atoms with Gasteiger partial charge < -0.3 is 33.5 Å². The Balaban J connectivity index is 0.000000162. The van der Waals surface area contributed by atoms with Crippen molar-refractivity contribution in [1.82, 2.24) is 28.9 Å². The van der Waals surface area contributed by atoms with Gasteiger partial charge in [0.15, 0.2) is 5.78 Å². The van der Waals surface area contributed by atoms with Crippen LogP contribution in [0.1, 0.15) is 89.5 Å². The number of aliphatic hydroxyl groups excluding tert-OH is 1. The highest BCUT2D eigenvalue weighted by Gasteiger charge is 2.57. The number of pyridine rings is 2. The average Bonchev–Trinajstić information content (AvgIpc) is 3.53. The second-order valence-electron chi connectivity index (χ2n) is 17.9. The van der Waals surface area contributed by atoms with E-state index in [1.807, 2.05) is 114 Å². The fourth-order valence-corrected chi connectivity index (χ4v) is 8.44. The molecule has 2 spiro atoms. The Morgan fingerprint density at radius 1 is 0.712 bits per heavy atom. The van der Waals surface area contributed by atoms with E-state index < -0.39 is 17.3 Å². The number of aryl methyl sites for hydroxylation is 2. The summed E-state index contributed by atoms with van der Waals surface area (Å²) in [6.07, 6.45) is 6.42. The third-order valence-corrected chi connectivity index (χ3v) is 11.0. The third-order valence-electron chi connectivity index (χ3n) is 11.0. The van der Waals surface area contributed by atoms with Crippen LogP contribution in [0.15, 0.2) is 48.8 Å². The van der Waals surface area contributed by atoms with Gasteiger partial charge in [-0.05, 0) is 110 Å². The number of hydrogen-bond donors (Lipinski definition) is 1. The third kappa shape index (κ3) is 7.01. The zero-order valence-electron chi connectivity index (χ0n) is 31.7. The van der Waals surface area contributed by atoms with Crippen LogP contribution in [0.4, 0.5) is 9.59 Å². The zero-order chi connectivity index (χ0) is 37.4. The standard InChI is InChI=1S/C20H27N3O3.C20H25N3O3/c2*1-19(2,3)26-18(25)23-11-20(12-23)9-14(10-20)16(24)15-6-5-13-7-8-22(4)17(13)21-15/h5-8,14,16,24H,9-12H2,1-4H3;5-8,14H,9-12H2,1-4H3. The van der Waals surface area contributed by atoms with E-state index in [4.69, 9.17) is 9.47 Å². The van der Waals surface area contributed by atoms with Crippen LogP contribution >= 0.6 is 0 Å². The molecule has 4 aromatic rings. The molecule has 4 aliphatic rings. The molecule has 1 atom stereocenters. The van der Waals surface area contributed by atoms with Crippen molar-refractivity contribution in [1.29, 1.82) is 0 Å². The molecule has 0 aromatic carbocycles. The van der Waals surface area contributed by atoms with E-state index in [0.717, 1.165) is 66.5 Å². The highest BCUT2D eigenvalue weighted by Crippen LogP contribution is 2.56. The molecule has 2 saturated heterocycles. The maximum absolute atomic E-state index is 12.8. The molecular formula is C40H52N6O6. The molecule has 1 N–H and O–H groups in total. The number of aromatic nitrogens is 4. The van der Waals surface area contributed by atoms with Crippen molar-refractivity contribution in [2.24, 2.45) is 36.8 Å². The second kappa shape index (κ2) is 12.6. The molecule has 2 amide bonds. The minimum absolute atomic E-state index is 0.0148. The lowest BCUT2D eigenvalue weighted by Crippen LogP contribution is -2.65. The van der Waals surface area contributed by atoms with Crippen molar-refractivity contribution in [2.45, 2.75) is 84.5 Å². The summed E-state index contributed by atoms with van der Waals surface area (Å²) < 4.78 is 14.7. The number of aliphatic hydroxyl groups is 1. The van der Waals surface area contributed by atoms with Crippen LogP contribution in [0, 0.1) is 22.7 Å². The van der Waals surface area contributed by atoms with E-state index in [1.165, 1.54) is 0 Å². The van der Waals surface area contributed by atoms with Gasteiger partial charge in [0.25, 0.3) is 0 Å². The van der Waals surface area contributed by atoms with E-state index in [2.05, 4.69) is 9.97 Å². The van der Waals surface area contributed by atoms with Gasteiger partial charge in [0.1, 0.15) is 28.2 Å². The first-order valence-electron chi connectivity index (χ1n) is 18.3. The minimum Gasteiger partial charge on any atom is -0.444 e. The molecule has 2 aliphatic carbocycles. The van der Waals surface area contributed by atoms with Gasteiger partial charge in [0, 0.05) is 80.2 Å². The van der Waals surface area contributed by atoms with Crippen molar-refractivity contribution < 1.29 is 29.0 Å². The van der Waals surface area contributed by atoms with Crippen LogP contribution in [0.5, 0.6) is 0 Å². The summed E-state index contributed by atoms with van der Waals surface area (Å²) in [5.74, 6) is 0.344. The Hall–Kier alpha value is -4.45. The van der Waals surface area contributed by atoms with E-state index >= 15 is 0 Å². The predicted octanol–water partition coefficient (Wildman–Crippen LogP) is 6.66. The number of fused-ring (bicyclic) bond motifs is 2. The van der Waals surface area contributed by atoms with Crippen LogP contribution in [0.3, 0.4) is 0 Å². The number of nitrogens with zero attached hydrogens (tertiary/aromatic N) is 6. The molecule has 278 valence electrons. The topological polar surface area (TPSA) is 132 Å². The van der Waals surface area contributed by atoms with Gasteiger partial charge in [-0.25, -0.2) is 19.6 Å². The van der Waals surface area contributed by atoms with Gasteiger partial charge in [0.05, 0.1) is 11.8 Å². The lowest BCUT2D eigenvalue weighted by atomic mass is 9.56. The first kappa shape index (κ1) is 35.9. The summed E-state index contributed by atoms with van der Waals surface area (Å²) >= 11 is 0. The van der Waals surface area contributed by atoms with Crippen molar-refractivity contribution >= 4 is 40.0 Å². The van der Waals surface area contributed by atoms with Gasteiger partial charge in [-0.2, -0.15) is 0 Å². The quantitative estimate of drug-likeness (QED) is 0.233. The lowest BCUT2D eigenvalue weighted by molar-refractivity contribution is -0.124. The minimum atomic E-state index is -0.546. The summed E-state index contributed by atoms with van der Waals surface area (Å²) in [5, 5.41) is 12.9. The SMILES string of the molecule is Cn1ccc2ccc(C(=O)C3CC4(C3)CN(C(=O)OC(C)(C)C)C4)nc21.Cn1ccc2ccc(C(O)C3CC4(C3)CN(C(=O)OC(C)(C)C)C4)nc21. The van der Waals surface area contributed by atoms with Gasteiger partial charge in [-0.1, -0.05) is 0 Å². The fourth-order valence-electron chi connectivity index (χ4n) is 8.44. The fraction of sp³-hybridized carbons (Fsp3) is 0.575. The number of rotatable bonds is 4. The number of carbonyl (C=O) groups excluding carboxylic acids is 3. The van der Waals surface area contributed by atoms with Gasteiger partial charge in [-0.3, -0.25) is 4.79 Å². The van der Waals surface area contributed by atoms with E-state index in [1.54, 1.807) is 9.80 Å². The Morgan fingerprint density at radius 2 is 1.17 bits per heavy atom. The van der Waals surface area contributed by atoms with Gasteiger partial charge >= 0.3 is 12.2 Å². The predicted molar refractivity (Wildman–Crippen MR) is 197 cm³/mol. The Bertz CT molecular complexity index is 2010. The Kier molecular flexibility index (Phi) is 8.71. The van der Waals surface area contributed by atoms with Crippen LogP contribution in [-0.2, 0) is 23.6 Å². The molecule has 0 radical (unpaired) electrons. The largest absolute Gasteiger partial charge is 0.444 e. The lowest BCUT2D eigenvalue weighted by Gasteiger charge is -2.59. The number of Topliss-reactive ketones (excluding diaryl/α,β-unsaturated/α-hetero) is 1. The molecule has 12 nitrogen and oxygen atoms in total. The van der Waals surface area contributed by atoms with Crippen molar-refractivity contribution in [3.63, 3.8) is 0 Å². The molecule has 4 aromatic heterocycles. The number of carbonyl (C=O) groups is 3. The van der Waals surface area contributed by atoms with E-state index in [-0.39, 0.29) is 40.6 Å². The number of hydrogen-bond acceptors (Lipinski definition) is 8. The first-order chi connectivity index (χ1) is 24.3. The van der Waals surface area contributed by atoms with Crippen LogP contribution in [0.25, 0.3) is 22.1 Å². The summed E-state index contributed by atoms with van der Waals surface area (Å²) in [5.41, 5.74) is 2.35. The molecule has 12 heteroatoms. The van der Waals surface area contributed by atoms with E-state index in [0.29, 0.717) is 18.8 Å². The molecule has 1 unspecified atom stereocenters. The molecule has 2 aliphatic heterocycles. The summed E-state index contributed by atoms with van der Waals surface area (Å²) in [6.45, 7) is 14.1. The van der Waals surface area contributed by atoms with E-state index in [9.17, 15) is 19.5 Å².